The molecule has 0 unspecified atom stereocenters. The number of hydrogen-bond donors (Lipinski definition) is 0. The number of benzene rings is 2. The molecule has 3 aromatic rings. The minimum absolute atomic E-state index is 0.0518. The van der Waals surface area contributed by atoms with E-state index in [4.69, 9.17) is 9.47 Å². The van der Waals surface area contributed by atoms with Crippen LogP contribution in [0.4, 0.5) is 17.6 Å². The fourth-order valence-electron chi connectivity index (χ4n) is 4.79. The molecule has 1 aromatic heterocycles. The van der Waals surface area contributed by atoms with Gasteiger partial charge in [0.25, 0.3) is 0 Å². The molecule has 1 aliphatic rings. The summed E-state index contributed by atoms with van der Waals surface area (Å²) in [5.74, 6) is -4.49. The molecule has 2 aromatic carbocycles. The molecule has 8 heteroatoms. The van der Waals surface area contributed by atoms with Crippen LogP contribution in [0.2, 0.25) is 0 Å². The van der Waals surface area contributed by atoms with Crippen LogP contribution in [-0.4, -0.2) is 29.3 Å². The van der Waals surface area contributed by atoms with Gasteiger partial charge in [-0.1, -0.05) is 18.2 Å². The number of nitrogens with zero attached hydrogens (tertiary/aromatic N) is 2. The molecular formula is C31H32F4N2O2. The van der Waals surface area contributed by atoms with E-state index in [-0.39, 0.29) is 46.9 Å². The van der Waals surface area contributed by atoms with Gasteiger partial charge in [-0.05, 0) is 74.6 Å². The van der Waals surface area contributed by atoms with Crippen molar-refractivity contribution >= 4 is 0 Å². The maximum absolute atomic E-state index is 15.1. The molecule has 4 nitrogen and oxygen atoms in total. The fraction of sp³-hybridized carbons (Fsp3) is 0.355. The molecular weight excluding hydrogens is 508 g/mol. The second-order valence-corrected chi connectivity index (χ2v) is 9.57. The highest BCUT2D eigenvalue weighted by molar-refractivity contribution is 5.66. The van der Waals surface area contributed by atoms with E-state index in [1.54, 1.807) is 18.2 Å². The lowest BCUT2D eigenvalue weighted by Crippen LogP contribution is -2.22. The lowest BCUT2D eigenvalue weighted by molar-refractivity contribution is 0.0272. The maximum atomic E-state index is 15.1. The molecule has 206 valence electrons. The summed E-state index contributed by atoms with van der Waals surface area (Å²) in [6.45, 7) is 8.13. The quantitative estimate of drug-likeness (QED) is 0.132. The summed E-state index contributed by atoms with van der Waals surface area (Å²) in [7, 11) is 0. The molecule has 1 saturated carbocycles. The Morgan fingerprint density at radius 2 is 1.44 bits per heavy atom. The summed E-state index contributed by atoms with van der Waals surface area (Å²) in [6.07, 6.45) is 11.3. The van der Waals surface area contributed by atoms with Gasteiger partial charge in [-0.25, -0.2) is 23.1 Å². The van der Waals surface area contributed by atoms with Gasteiger partial charge in [0.1, 0.15) is 0 Å². The zero-order chi connectivity index (χ0) is 27.8. The van der Waals surface area contributed by atoms with Gasteiger partial charge in [0.2, 0.25) is 5.82 Å². The van der Waals surface area contributed by atoms with Gasteiger partial charge >= 0.3 is 0 Å². The van der Waals surface area contributed by atoms with Crippen LogP contribution in [-0.2, 0) is 4.74 Å². The largest absolute Gasteiger partial charge is 0.490 e. The molecule has 0 saturated heterocycles. The van der Waals surface area contributed by atoms with Crippen LogP contribution < -0.4 is 4.74 Å². The highest BCUT2D eigenvalue weighted by Crippen LogP contribution is 2.37. The van der Waals surface area contributed by atoms with Crippen LogP contribution in [0, 0.1) is 23.3 Å². The topological polar surface area (TPSA) is 44.2 Å². The highest BCUT2D eigenvalue weighted by Gasteiger charge is 2.27. The SMILES string of the molecule is C=CCCCOc1ccc(-c2cnc(-c3ccc(C4CCC(OCCC=C)CC4)c(F)c3F)nc2)c(F)c1F. The molecule has 39 heavy (non-hydrogen) atoms. The monoisotopic (exact) mass is 540 g/mol. The smallest absolute Gasteiger partial charge is 0.201 e. The van der Waals surface area contributed by atoms with Gasteiger partial charge in [-0.15, -0.1) is 13.2 Å². The number of ether oxygens (including phenoxy) is 2. The zero-order valence-corrected chi connectivity index (χ0v) is 21.8. The zero-order valence-electron chi connectivity index (χ0n) is 21.8. The molecule has 0 aliphatic heterocycles. The fourth-order valence-corrected chi connectivity index (χ4v) is 4.79. The minimum Gasteiger partial charge on any atom is -0.490 e. The third-order valence-electron chi connectivity index (χ3n) is 6.96. The molecule has 0 radical (unpaired) electrons. The standard InChI is InChI=1S/C31H32F4N2O2/c1-3-5-7-17-39-26-15-14-24(28(33)30(26)35)21-18-36-31(37-19-21)25-13-12-23(27(32)29(25)34)20-8-10-22(11-9-20)38-16-6-4-2/h3-4,12-15,18-20,22H,1-2,5-11,16-17H2. The summed E-state index contributed by atoms with van der Waals surface area (Å²) >= 11 is 0. The Kier molecular flexibility index (Phi) is 9.87. The van der Waals surface area contributed by atoms with E-state index in [1.165, 1.54) is 30.6 Å². The van der Waals surface area contributed by atoms with E-state index < -0.39 is 23.3 Å². The summed E-state index contributed by atoms with van der Waals surface area (Å²) in [6, 6.07) is 5.75. The Hall–Kier alpha value is -3.52. The molecule has 1 aliphatic carbocycles. The molecule has 1 fully saturated rings. The van der Waals surface area contributed by atoms with Gasteiger partial charge in [0.15, 0.2) is 29.0 Å². The average molecular weight is 541 g/mol. The summed E-state index contributed by atoms with van der Waals surface area (Å²) < 4.78 is 70.6. The first-order valence-corrected chi connectivity index (χ1v) is 13.2. The van der Waals surface area contributed by atoms with Gasteiger partial charge in [0.05, 0.1) is 24.9 Å². The van der Waals surface area contributed by atoms with Crippen LogP contribution in [0.25, 0.3) is 22.5 Å². The molecule has 0 N–H and O–H groups in total. The average Bonchev–Trinajstić information content (AvgIpc) is 2.96. The first-order chi connectivity index (χ1) is 18.9. The Balaban J connectivity index is 1.46. The number of hydrogen-bond acceptors (Lipinski definition) is 4. The van der Waals surface area contributed by atoms with Crippen molar-refractivity contribution in [2.45, 2.75) is 57.0 Å². The van der Waals surface area contributed by atoms with Crippen molar-refractivity contribution in [3.8, 4) is 28.3 Å². The third-order valence-corrected chi connectivity index (χ3v) is 6.96. The van der Waals surface area contributed by atoms with Crippen LogP contribution in [0.1, 0.15) is 56.4 Å². The van der Waals surface area contributed by atoms with Crippen molar-refractivity contribution in [2.24, 2.45) is 0 Å². The van der Waals surface area contributed by atoms with Crippen LogP contribution in [0.3, 0.4) is 0 Å². The van der Waals surface area contributed by atoms with Crippen molar-refractivity contribution in [3.05, 3.63) is 90.8 Å². The molecule has 0 amide bonds. The van der Waals surface area contributed by atoms with E-state index in [1.807, 2.05) is 0 Å². The van der Waals surface area contributed by atoms with E-state index in [0.29, 0.717) is 37.9 Å². The molecule has 1 heterocycles. The van der Waals surface area contributed by atoms with Crippen molar-refractivity contribution in [1.82, 2.24) is 9.97 Å². The summed E-state index contributed by atoms with van der Waals surface area (Å²) in [5.41, 5.74) is 0.363. The number of unbranched alkanes of at least 4 members (excludes halogenated alkanes) is 1. The van der Waals surface area contributed by atoms with E-state index in [2.05, 4.69) is 23.1 Å². The van der Waals surface area contributed by atoms with Crippen LogP contribution in [0.15, 0.2) is 62.0 Å². The van der Waals surface area contributed by atoms with E-state index >= 15 is 8.78 Å². The number of aromatic nitrogens is 2. The van der Waals surface area contributed by atoms with Crippen LogP contribution in [0.5, 0.6) is 5.75 Å². The minimum atomic E-state index is -1.11. The Morgan fingerprint density at radius 3 is 2.13 bits per heavy atom. The van der Waals surface area contributed by atoms with Gasteiger partial charge in [-0.3, -0.25) is 0 Å². The molecule has 0 bridgehead atoms. The van der Waals surface area contributed by atoms with Gasteiger partial charge in [-0.2, -0.15) is 4.39 Å². The first-order valence-electron chi connectivity index (χ1n) is 13.2. The van der Waals surface area contributed by atoms with Crippen molar-refractivity contribution < 1.29 is 27.0 Å². The summed E-state index contributed by atoms with van der Waals surface area (Å²) in [4.78, 5) is 8.21. The van der Waals surface area contributed by atoms with Crippen LogP contribution >= 0.6 is 0 Å². The second kappa shape index (κ2) is 13.5. The molecule has 4 rings (SSSR count). The van der Waals surface area contributed by atoms with Crippen molar-refractivity contribution in [1.29, 1.82) is 0 Å². The van der Waals surface area contributed by atoms with Gasteiger partial charge in [0, 0.05) is 23.5 Å². The molecule has 0 spiro atoms. The Bertz CT molecular complexity index is 1290. The lowest BCUT2D eigenvalue weighted by atomic mass is 9.82. The van der Waals surface area contributed by atoms with Gasteiger partial charge < -0.3 is 9.47 Å². The van der Waals surface area contributed by atoms with Crippen molar-refractivity contribution in [2.75, 3.05) is 13.2 Å². The predicted octanol–water partition coefficient (Wildman–Crippen LogP) is 8.33. The maximum Gasteiger partial charge on any atom is 0.201 e. The molecule has 0 atom stereocenters. The first kappa shape index (κ1) is 28.5. The van der Waals surface area contributed by atoms with Crippen molar-refractivity contribution in [3.63, 3.8) is 0 Å². The number of halogens is 4. The number of rotatable bonds is 12. The highest BCUT2D eigenvalue weighted by atomic mass is 19.2. The Morgan fingerprint density at radius 1 is 0.769 bits per heavy atom. The second-order valence-electron chi connectivity index (χ2n) is 9.57. The lowest BCUT2D eigenvalue weighted by Gasteiger charge is -2.29. The predicted molar refractivity (Wildman–Crippen MR) is 143 cm³/mol. The summed E-state index contributed by atoms with van der Waals surface area (Å²) in [5, 5.41) is 0. The number of allylic oxidation sites excluding steroid dienone is 1. The normalized spacial score (nSPS) is 17.1. The third kappa shape index (κ3) is 6.74. The van der Waals surface area contributed by atoms with E-state index in [0.717, 1.165) is 19.3 Å². The Labute approximate surface area is 226 Å². The van der Waals surface area contributed by atoms with E-state index in [9.17, 15) is 8.78 Å².